The minimum atomic E-state index is -0.875. The third-order valence-corrected chi connectivity index (χ3v) is 2.98. The van der Waals surface area contributed by atoms with Gasteiger partial charge in [-0.25, -0.2) is 0 Å². The van der Waals surface area contributed by atoms with E-state index in [0.29, 0.717) is 24.7 Å². The third-order valence-electron chi connectivity index (χ3n) is 2.98. The van der Waals surface area contributed by atoms with Gasteiger partial charge in [-0.05, 0) is 44.3 Å². The van der Waals surface area contributed by atoms with E-state index in [1.165, 1.54) is 0 Å². The number of nitrogens with zero attached hydrogens (tertiary/aromatic N) is 1. The minimum Gasteiger partial charge on any atom is -0.486 e. The highest BCUT2D eigenvalue weighted by Gasteiger charge is 2.26. The van der Waals surface area contributed by atoms with Gasteiger partial charge in [0.2, 0.25) is 0 Å². The predicted octanol–water partition coefficient (Wildman–Crippen LogP) is 1.45. The molecule has 18 heavy (non-hydrogen) atoms. The second-order valence-corrected chi connectivity index (χ2v) is 4.56. The SMILES string of the molecule is Cc1cc2c(cc1C(C(=O)O)N(C)C)OCCO2. The molecule has 0 bridgehead atoms. The Kier molecular flexibility index (Phi) is 3.43. The molecule has 0 radical (unpaired) electrons. The molecule has 98 valence electrons. The normalized spacial score (nSPS) is 15.6. The third kappa shape index (κ3) is 2.26. The fourth-order valence-electron chi connectivity index (χ4n) is 2.13. The number of aryl methyl sites for hydroxylation is 1. The largest absolute Gasteiger partial charge is 0.486 e. The van der Waals surface area contributed by atoms with E-state index in [1.54, 1.807) is 25.1 Å². The van der Waals surface area contributed by atoms with Gasteiger partial charge in [0, 0.05) is 0 Å². The zero-order valence-corrected chi connectivity index (χ0v) is 10.8. The predicted molar refractivity (Wildman–Crippen MR) is 66.2 cm³/mol. The molecular weight excluding hydrogens is 234 g/mol. The highest BCUT2D eigenvalue weighted by Crippen LogP contribution is 2.36. The summed E-state index contributed by atoms with van der Waals surface area (Å²) in [7, 11) is 3.49. The zero-order chi connectivity index (χ0) is 13.3. The van der Waals surface area contributed by atoms with E-state index in [1.807, 2.05) is 13.0 Å². The molecule has 0 aliphatic carbocycles. The fraction of sp³-hybridized carbons (Fsp3) is 0.462. The highest BCUT2D eigenvalue weighted by molar-refractivity contribution is 5.76. The first kappa shape index (κ1) is 12.7. The summed E-state index contributed by atoms with van der Waals surface area (Å²) in [5, 5.41) is 9.31. The van der Waals surface area contributed by atoms with E-state index in [-0.39, 0.29) is 0 Å². The van der Waals surface area contributed by atoms with Crippen LogP contribution in [0.2, 0.25) is 0 Å². The first-order valence-corrected chi connectivity index (χ1v) is 5.80. The molecule has 5 nitrogen and oxygen atoms in total. The van der Waals surface area contributed by atoms with E-state index >= 15 is 0 Å². The molecule has 1 heterocycles. The van der Waals surface area contributed by atoms with Crippen LogP contribution in [-0.2, 0) is 4.79 Å². The Morgan fingerprint density at radius 2 is 1.83 bits per heavy atom. The van der Waals surface area contributed by atoms with Gasteiger partial charge in [-0.15, -0.1) is 0 Å². The molecule has 2 rings (SSSR count). The number of rotatable bonds is 3. The van der Waals surface area contributed by atoms with Crippen molar-refractivity contribution in [1.82, 2.24) is 4.90 Å². The van der Waals surface area contributed by atoms with Gasteiger partial charge in [0.1, 0.15) is 19.3 Å². The van der Waals surface area contributed by atoms with Crippen LogP contribution in [-0.4, -0.2) is 43.3 Å². The van der Waals surface area contributed by atoms with Crippen molar-refractivity contribution in [2.24, 2.45) is 0 Å². The van der Waals surface area contributed by atoms with Crippen LogP contribution in [0, 0.1) is 6.92 Å². The van der Waals surface area contributed by atoms with Crippen LogP contribution < -0.4 is 9.47 Å². The highest BCUT2D eigenvalue weighted by atomic mass is 16.6. The molecule has 0 saturated heterocycles. The summed E-state index contributed by atoms with van der Waals surface area (Å²) >= 11 is 0. The monoisotopic (exact) mass is 251 g/mol. The minimum absolute atomic E-state index is 0.495. The summed E-state index contributed by atoms with van der Waals surface area (Å²) in [6, 6.07) is 2.92. The quantitative estimate of drug-likeness (QED) is 0.881. The van der Waals surface area contributed by atoms with E-state index in [9.17, 15) is 9.90 Å². The summed E-state index contributed by atoms with van der Waals surface area (Å²) in [4.78, 5) is 13.0. The van der Waals surface area contributed by atoms with Gasteiger partial charge < -0.3 is 14.6 Å². The first-order valence-electron chi connectivity index (χ1n) is 5.80. The van der Waals surface area contributed by atoms with Crippen LogP contribution in [0.15, 0.2) is 12.1 Å². The number of ether oxygens (including phenoxy) is 2. The lowest BCUT2D eigenvalue weighted by molar-refractivity contribution is -0.142. The van der Waals surface area contributed by atoms with Gasteiger partial charge in [-0.1, -0.05) is 0 Å². The molecule has 1 aromatic carbocycles. The molecule has 0 fully saturated rings. The molecule has 0 amide bonds. The molecule has 1 aromatic rings. The van der Waals surface area contributed by atoms with Crippen molar-refractivity contribution in [2.75, 3.05) is 27.3 Å². The van der Waals surface area contributed by atoms with Crippen molar-refractivity contribution >= 4 is 5.97 Å². The molecule has 5 heteroatoms. The lowest BCUT2D eigenvalue weighted by Gasteiger charge is -2.25. The molecule has 1 unspecified atom stereocenters. The molecule has 0 aromatic heterocycles. The molecule has 1 aliphatic heterocycles. The molecule has 0 saturated carbocycles. The summed E-state index contributed by atoms with van der Waals surface area (Å²) in [6.45, 7) is 2.91. The molecule has 1 atom stereocenters. The number of fused-ring (bicyclic) bond motifs is 1. The Labute approximate surface area is 106 Å². The topological polar surface area (TPSA) is 59.0 Å². The van der Waals surface area contributed by atoms with E-state index in [0.717, 1.165) is 11.1 Å². The Hall–Kier alpha value is -1.75. The number of hydrogen-bond donors (Lipinski definition) is 1. The van der Waals surface area contributed by atoms with Crippen molar-refractivity contribution in [3.63, 3.8) is 0 Å². The van der Waals surface area contributed by atoms with Gasteiger partial charge in [0.15, 0.2) is 11.5 Å². The van der Waals surface area contributed by atoms with Gasteiger partial charge in [0.05, 0.1) is 0 Å². The lowest BCUT2D eigenvalue weighted by atomic mass is 9.99. The molecular formula is C13H17NO4. The summed E-state index contributed by atoms with van der Waals surface area (Å²) in [6.07, 6.45) is 0. The molecule has 0 spiro atoms. The average molecular weight is 251 g/mol. The fourth-order valence-corrected chi connectivity index (χ4v) is 2.13. The van der Waals surface area contributed by atoms with Crippen LogP contribution in [0.3, 0.4) is 0 Å². The number of hydrogen-bond acceptors (Lipinski definition) is 4. The second-order valence-electron chi connectivity index (χ2n) is 4.56. The number of aliphatic carboxylic acids is 1. The maximum absolute atomic E-state index is 11.3. The second kappa shape index (κ2) is 4.86. The summed E-state index contributed by atoms with van der Waals surface area (Å²) in [5.41, 5.74) is 1.62. The smallest absolute Gasteiger partial charge is 0.325 e. The maximum Gasteiger partial charge on any atom is 0.325 e. The van der Waals surface area contributed by atoms with Crippen LogP contribution in [0.5, 0.6) is 11.5 Å². The van der Waals surface area contributed by atoms with Gasteiger partial charge in [-0.2, -0.15) is 0 Å². The Bertz CT molecular complexity index is 470. The Balaban J connectivity index is 2.46. The van der Waals surface area contributed by atoms with Crippen LogP contribution >= 0.6 is 0 Å². The standard InChI is InChI=1S/C13H17NO4/c1-8-6-10-11(18-5-4-17-10)7-9(8)12(13(15)16)14(2)3/h6-7,12H,4-5H2,1-3H3,(H,15,16). The number of likely N-dealkylation sites (N-methyl/N-ethyl adjacent to an activating group) is 1. The number of carboxylic acid groups (broad SMARTS) is 1. The number of carboxylic acids is 1. The first-order chi connectivity index (χ1) is 8.50. The molecule has 1 aliphatic rings. The number of benzene rings is 1. The van der Waals surface area contributed by atoms with Crippen molar-refractivity contribution < 1.29 is 19.4 Å². The van der Waals surface area contributed by atoms with Crippen LogP contribution in [0.1, 0.15) is 17.2 Å². The lowest BCUT2D eigenvalue weighted by Crippen LogP contribution is -2.28. The molecule has 1 N–H and O–H groups in total. The summed E-state index contributed by atoms with van der Waals surface area (Å²) in [5.74, 6) is 0.431. The number of carbonyl (C=O) groups is 1. The Morgan fingerprint density at radius 1 is 1.28 bits per heavy atom. The van der Waals surface area contributed by atoms with Crippen LogP contribution in [0.4, 0.5) is 0 Å². The van der Waals surface area contributed by atoms with Crippen molar-refractivity contribution in [3.05, 3.63) is 23.3 Å². The zero-order valence-electron chi connectivity index (χ0n) is 10.8. The van der Waals surface area contributed by atoms with Crippen molar-refractivity contribution in [2.45, 2.75) is 13.0 Å². The summed E-state index contributed by atoms with van der Waals surface area (Å²) < 4.78 is 11.0. The average Bonchev–Trinajstić information content (AvgIpc) is 2.29. The van der Waals surface area contributed by atoms with E-state index in [2.05, 4.69) is 0 Å². The van der Waals surface area contributed by atoms with E-state index in [4.69, 9.17) is 9.47 Å². The van der Waals surface area contributed by atoms with Gasteiger partial charge in [-0.3, -0.25) is 9.69 Å². The van der Waals surface area contributed by atoms with Gasteiger partial charge in [0.25, 0.3) is 0 Å². The van der Waals surface area contributed by atoms with Crippen molar-refractivity contribution in [1.29, 1.82) is 0 Å². The maximum atomic E-state index is 11.3. The van der Waals surface area contributed by atoms with Gasteiger partial charge >= 0.3 is 5.97 Å². The Morgan fingerprint density at radius 3 is 2.33 bits per heavy atom. The van der Waals surface area contributed by atoms with Crippen molar-refractivity contribution in [3.8, 4) is 11.5 Å². The van der Waals surface area contributed by atoms with E-state index < -0.39 is 12.0 Å². The van der Waals surface area contributed by atoms with Crippen LogP contribution in [0.25, 0.3) is 0 Å².